The number of rotatable bonds is 9. The molecule has 30 heavy (non-hydrogen) atoms. The van der Waals surface area contributed by atoms with Crippen molar-refractivity contribution in [2.75, 3.05) is 0 Å². The molecule has 162 valence electrons. The molecule has 0 unspecified atom stereocenters. The maximum atomic E-state index is 13.4. The van der Waals surface area contributed by atoms with Gasteiger partial charge in [-0.2, -0.15) is 0 Å². The van der Waals surface area contributed by atoms with Crippen molar-refractivity contribution in [2.24, 2.45) is 0 Å². The van der Waals surface area contributed by atoms with Gasteiger partial charge in [0.1, 0.15) is 6.04 Å². The molecule has 0 fully saturated rings. The van der Waals surface area contributed by atoms with Crippen LogP contribution < -0.4 is 5.32 Å². The predicted octanol–water partition coefficient (Wildman–Crippen LogP) is 4.88. The first-order valence-electron chi connectivity index (χ1n) is 11.0. The quantitative estimate of drug-likeness (QED) is 0.643. The van der Waals surface area contributed by atoms with Gasteiger partial charge < -0.3 is 10.2 Å². The molecule has 0 aliphatic heterocycles. The molecule has 0 aliphatic rings. The number of benzene rings is 2. The second-order valence-electron chi connectivity index (χ2n) is 8.34. The molecule has 4 heteroatoms. The molecule has 2 rings (SSSR count). The molecule has 0 saturated carbocycles. The first-order valence-corrected chi connectivity index (χ1v) is 11.0. The Labute approximate surface area is 181 Å². The van der Waals surface area contributed by atoms with Crippen LogP contribution >= 0.6 is 0 Å². The molecule has 0 aliphatic carbocycles. The molecule has 1 N–H and O–H groups in total. The molecule has 0 radical (unpaired) electrons. The summed E-state index contributed by atoms with van der Waals surface area (Å²) in [5.74, 6) is -0.0997. The first-order chi connectivity index (χ1) is 14.2. The highest BCUT2D eigenvalue weighted by atomic mass is 16.2. The number of hydrogen-bond acceptors (Lipinski definition) is 2. The third kappa shape index (κ3) is 6.45. The molecular formula is C26H36N2O2. The summed E-state index contributed by atoms with van der Waals surface area (Å²) in [4.78, 5) is 28.1. The Bertz CT molecular complexity index is 858. The topological polar surface area (TPSA) is 49.4 Å². The number of aryl methyl sites for hydroxylation is 3. The van der Waals surface area contributed by atoms with E-state index >= 15 is 0 Å². The lowest BCUT2D eigenvalue weighted by Gasteiger charge is -2.31. The van der Waals surface area contributed by atoms with E-state index in [0.29, 0.717) is 19.4 Å². The lowest BCUT2D eigenvalue weighted by molar-refractivity contribution is -0.141. The predicted molar refractivity (Wildman–Crippen MR) is 123 cm³/mol. The van der Waals surface area contributed by atoms with Crippen molar-refractivity contribution in [3.8, 4) is 0 Å². The van der Waals surface area contributed by atoms with E-state index in [1.807, 2.05) is 58.0 Å². The summed E-state index contributed by atoms with van der Waals surface area (Å²) in [7, 11) is 0. The Balaban J connectivity index is 2.30. The van der Waals surface area contributed by atoms with Crippen molar-refractivity contribution in [3.05, 3.63) is 70.3 Å². The Hall–Kier alpha value is -2.62. The van der Waals surface area contributed by atoms with Gasteiger partial charge in [-0.3, -0.25) is 9.59 Å². The Morgan fingerprint density at radius 1 is 0.900 bits per heavy atom. The molecule has 2 amide bonds. The Morgan fingerprint density at radius 3 is 2.10 bits per heavy atom. The largest absolute Gasteiger partial charge is 0.352 e. The minimum absolute atomic E-state index is 0.0232. The van der Waals surface area contributed by atoms with Crippen LogP contribution in [0.4, 0.5) is 0 Å². The number of carbonyl (C=O) groups excluding carboxylic acids is 2. The summed E-state index contributed by atoms with van der Waals surface area (Å²) in [5, 5.41) is 3.06. The lowest BCUT2D eigenvalue weighted by atomic mass is 10.0. The first kappa shape index (κ1) is 23.7. The van der Waals surface area contributed by atoms with E-state index in [4.69, 9.17) is 0 Å². The van der Waals surface area contributed by atoms with Gasteiger partial charge in [-0.05, 0) is 62.8 Å². The lowest BCUT2D eigenvalue weighted by Crippen LogP contribution is -2.51. The van der Waals surface area contributed by atoms with Crippen LogP contribution in [0.3, 0.4) is 0 Å². The van der Waals surface area contributed by atoms with Crippen molar-refractivity contribution >= 4 is 11.8 Å². The van der Waals surface area contributed by atoms with E-state index in [1.54, 1.807) is 4.90 Å². The van der Waals surface area contributed by atoms with Crippen molar-refractivity contribution in [2.45, 2.75) is 79.4 Å². The monoisotopic (exact) mass is 408 g/mol. The fourth-order valence-corrected chi connectivity index (χ4v) is 3.44. The molecule has 0 bridgehead atoms. The summed E-state index contributed by atoms with van der Waals surface area (Å²) in [6.45, 7) is 12.6. The average molecular weight is 409 g/mol. The van der Waals surface area contributed by atoms with Crippen LogP contribution in [-0.4, -0.2) is 28.8 Å². The van der Waals surface area contributed by atoms with Gasteiger partial charge in [-0.25, -0.2) is 0 Å². The SMILES string of the molecule is CC[C@@H](C)NC(=O)[C@@H](CC)N(Cc1ccc(C)cc1)C(=O)Cc1ccc(C)c(C)c1. The summed E-state index contributed by atoms with van der Waals surface area (Å²) in [6, 6.07) is 13.9. The number of carbonyl (C=O) groups is 2. The third-order valence-electron chi connectivity index (χ3n) is 5.79. The van der Waals surface area contributed by atoms with Crippen LogP contribution in [0.15, 0.2) is 42.5 Å². The summed E-state index contributed by atoms with van der Waals surface area (Å²) < 4.78 is 0. The van der Waals surface area contributed by atoms with Gasteiger partial charge in [0.2, 0.25) is 11.8 Å². The number of amides is 2. The zero-order valence-electron chi connectivity index (χ0n) is 19.3. The number of hydrogen-bond donors (Lipinski definition) is 1. The average Bonchev–Trinajstić information content (AvgIpc) is 2.71. The molecule has 0 aromatic heterocycles. The van der Waals surface area contributed by atoms with Crippen LogP contribution in [-0.2, 0) is 22.6 Å². The van der Waals surface area contributed by atoms with E-state index in [0.717, 1.165) is 17.5 Å². The van der Waals surface area contributed by atoms with Crippen LogP contribution in [0.5, 0.6) is 0 Å². The van der Waals surface area contributed by atoms with E-state index in [1.165, 1.54) is 16.7 Å². The van der Waals surface area contributed by atoms with E-state index < -0.39 is 6.04 Å². The van der Waals surface area contributed by atoms with Gasteiger partial charge in [-0.1, -0.05) is 61.9 Å². The fraction of sp³-hybridized carbons (Fsp3) is 0.462. The van der Waals surface area contributed by atoms with Gasteiger partial charge in [0.25, 0.3) is 0 Å². The molecule has 2 aromatic rings. The molecule has 2 atom stereocenters. The highest BCUT2D eigenvalue weighted by Gasteiger charge is 2.29. The second-order valence-corrected chi connectivity index (χ2v) is 8.34. The molecule has 2 aromatic carbocycles. The van der Waals surface area contributed by atoms with Crippen molar-refractivity contribution in [1.29, 1.82) is 0 Å². The van der Waals surface area contributed by atoms with Gasteiger partial charge in [-0.15, -0.1) is 0 Å². The summed E-state index contributed by atoms with van der Waals surface area (Å²) in [6.07, 6.45) is 1.73. The number of nitrogens with one attached hydrogen (secondary N) is 1. The third-order valence-corrected chi connectivity index (χ3v) is 5.79. The molecular weight excluding hydrogens is 372 g/mol. The zero-order chi connectivity index (χ0) is 22.3. The van der Waals surface area contributed by atoms with Crippen LogP contribution in [0.2, 0.25) is 0 Å². The standard InChI is InChI=1S/C26H36N2O2/c1-7-21(6)27-26(30)24(8-2)28(17-22-12-9-18(3)10-13-22)25(29)16-23-14-11-19(4)20(5)15-23/h9-15,21,24H,7-8,16-17H2,1-6H3,(H,27,30)/t21-,24-/m1/s1. The molecule has 0 heterocycles. The zero-order valence-corrected chi connectivity index (χ0v) is 19.3. The van der Waals surface area contributed by atoms with Gasteiger partial charge in [0.15, 0.2) is 0 Å². The van der Waals surface area contributed by atoms with E-state index in [9.17, 15) is 9.59 Å². The summed E-state index contributed by atoms with van der Waals surface area (Å²) in [5.41, 5.74) is 5.57. The smallest absolute Gasteiger partial charge is 0.243 e. The second kappa shape index (κ2) is 11.0. The van der Waals surface area contributed by atoms with Gasteiger partial charge >= 0.3 is 0 Å². The van der Waals surface area contributed by atoms with Crippen molar-refractivity contribution in [3.63, 3.8) is 0 Å². The van der Waals surface area contributed by atoms with Crippen LogP contribution in [0.25, 0.3) is 0 Å². The van der Waals surface area contributed by atoms with E-state index in [-0.39, 0.29) is 17.9 Å². The summed E-state index contributed by atoms with van der Waals surface area (Å²) >= 11 is 0. The van der Waals surface area contributed by atoms with Crippen molar-refractivity contribution in [1.82, 2.24) is 10.2 Å². The Morgan fingerprint density at radius 2 is 1.53 bits per heavy atom. The maximum absolute atomic E-state index is 13.4. The van der Waals surface area contributed by atoms with Crippen molar-refractivity contribution < 1.29 is 9.59 Å². The minimum Gasteiger partial charge on any atom is -0.352 e. The van der Waals surface area contributed by atoms with Gasteiger partial charge in [0.05, 0.1) is 6.42 Å². The molecule has 0 saturated heterocycles. The fourth-order valence-electron chi connectivity index (χ4n) is 3.44. The normalized spacial score (nSPS) is 12.9. The molecule has 0 spiro atoms. The highest BCUT2D eigenvalue weighted by molar-refractivity contribution is 5.88. The molecule has 4 nitrogen and oxygen atoms in total. The van der Waals surface area contributed by atoms with Crippen LogP contribution in [0, 0.1) is 20.8 Å². The highest BCUT2D eigenvalue weighted by Crippen LogP contribution is 2.17. The Kier molecular flexibility index (Phi) is 8.64. The number of nitrogens with zero attached hydrogens (tertiary/aromatic N) is 1. The van der Waals surface area contributed by atoms with Gasteiger partial charge in [0, 0.05) is 12.6 Å². The van der Waals surface area contributed by atoms with Crippen LogP contribution in [0.1, 0.15) is 61.4 Å². The minimum atomic E-state index is -0.487. The van der Waals surface area contributed by atoms with E-state index in [2.05, 4.69) is 31.3 Å². The maximum Gasteiger partial charge on any atom is 0.243 e.